The molecule has 1 fully saturated rings. The number of hydrogen-bond donors (Lipinski definition) is 2. The first-order chi connectivity index (χ1) is 8.36. The molecule has 100 valence electrons. The van der Waals surface area contributed by atoms with Gasteiger partial charge in [-0.2, -0.15) is 11.8 Å². The Morgan fingerprint density at radius 3 is 2.61 bits per heavy atom. The zero-order valence-electron chi connectivity index (χ0n) is 11.3. The van der Waals surface area contributed by atoms with E-state index in [1.807, 2.05) is 32.5 Å². The second-order valence-electron chi connectivity index (χ2n) is 5.83. The Morgan fingerprint density at radius 1 is 1.50 bits per heavy atom. The SMILES string of the molecule is CSC1(CNC(=O)c2n[nH]c(C(C)(C)C)n2)CC1. The number of amides is 1. The van der Waals surface area contributed by atoms with Crippen molar-refractivity contribution in [3.63, 3.8) is 0 Å². The van der Waals surface area contributed by atoms with Gasteiger partial charge in [0.1, 0.15) is 5.82 Å². The molecule has 0 aliphatic heterocycles. The number of carbonyl (C=O) groups excluding carboxylic acids is 1. The average molecular weight is 268 g/mol. The summed E-state index contributed by atoms with van der Waals surface area (Å²) in [5.74, 6) is 0.776. The minimum Gasteiger partial charge on any atom is -0.348 e. The largest absolute Gasteiger partial charge is 0.348 e. The highest BCUT2D eigenvalue weighted by Crippen LogP contribution is 2.46. The maximum absolute atomic E-state index is 11.9. The van der Waals surface area contributed by atoms with E-state index in [-0.39, 0.29) is 21.9 Å². The van der Waals surface area contributed by atoms with Crippen LogP contribution in [0.3, 0.4) is 0 Å². The lowest BCUT2D eigenvalue weighted by molar-refractivity contribution is 0.0943. The van der Waals surface area contributed by atoms with Gasteiger partial charge in [-0.05, 0) is 19.1 Å². The van der Waals surface area contributed by atoms with Crippen LogP contribution in [0.2, 0.25) is 0 Å². The van der Waals surface area contributed by atoms with E-state index >= 15 is 0 Å². The Labute approximate surface area is 112 Å². The lowest BCUT2D eigenvalue weighted by Crippen LogP contribution is -2.32. The summed E-state index contributed by atoms with van der Waals surface area (Å²) in [4.78, 5) is 16.2. The van der Waals surface area contributed by atoms with E-state index in [0.29, 0.717) is 6.54 Å². The molecule has 1 aromatic heterocycles. The molecule has 0 radical (unpaired) electrons. The maximum atomic E-state index is 11.9. The number of nitrogens with one attached hydrogen (secondary N) is 2. The van der Waals surface area contributed by atoms with E-state index in [4.69, 9.17) is 0 Å². The van der Waals surface area contributed by atoms with Gasteiger partial charge < -0.3 is 5.32 Å². The van der Waals surface area contributed by atoms with E-state index in [2.05, 4.69) is 26.8 Å². The molecule has 6 heteroatoms. The highest BCUT2D eigenvalue weighted by atomic mass is 32.2. The van der Waals surface area contributed by atoms with Gasteiger partial charge in [-0.25, -0.2) is 4.98 Å². The topological polar surface area (TPSA) is 70.7 Å². The van der Waals surface area contributed by atoms with E-state index in [1.165, 1.54) is 12.8 Å². The molecule has 5 nitrogen and oxygen atoms in total. The number of nitrogens with zero attached hydrogens (tertiary/aromatic N) is 2. The van der Waals surface area contributed by atoms with Crippen molar-refractivity contribution in [3.05, 3.63) is 11.6 Å². The fourth-order valence-corrected chi connectivity index (χ4v) is 2.34. The minimum absolute atomic E-state index is 0.123. The molecule has 1 heterocycles. The summed E-state index contributed by atoms with van der Waals surface area (Å²) in [5.41, 5.74) is -0.123. The molecule has 0 unspecified atom stereocenters. The summed E-state index contributed by atoms with van der Waals surface area (Å²) in [5, 5.41) is 9.71. The van der Waals surface area contributed by atoms with Gasteiger partial charge in [0.15, 0.2) is 0 Å². The lowest BCUT2D eigenvalue weighted by Gasteiger charge is -2.13. The van der Waals surface area contributed by atoms with E-state index in [1.54, 1.807) is 0 Å². The highest BCUT2D eigenvalue weighted by Gasteiger charge is 2.42. The molecule has 18 heavy (non-hydrogen) atoms. The van der Waals surface area contributed by atoms with E-state index < -0.39 is 0 Å². The number of rotatable bonds is 4. The molecule has 0 aromatic carbocycles. The van der Waals surface area contributed by atoms with Crippen LogP contribution in [0.15, 0.2) is 0 Å². The zero-order chi connectivity index (χ0) is 13.4. The van der Waals surface area contributed by atoms with Crippen molar-refractivity contribution in [1.82, 2.24) is 20.5 Å². The van der Waals surface area contributed by atoms with Crippen molar-refractivity contribution in [3.8, 4) is 0 Å². The highest BCUT2D eigenvalue weighted by molar-refractivity contribution is 8.00. The van der Waals surface area contributed by atoms with E-state index in [9.17, 15) is 4.79 Å². The smallest absolute Gasteiger partial charge is 0.291 e. The molecule has 2 rings (SSSR count). The number of hydrogen-bond acceptors (Lipinski definition) is 4. The second-order valence-corrected chi connectivity index (χ2v) is 7.10. The van der Waals surface area contributed by atoms with Gasteiger partial charge in [0.2, 0.25) is 5.82 Å². The van der Waals surface area contributed by atoms with Crippen LogP contribution >= 0.6 is 11.8 Å². The summed E-state index contributed by atoms with van der Waals surface area (Å²) in [7, 11) is 0. The van der Waals surface area contributed by atoms with Gasteiger partial charge >= 0.3 is 0 Å². The fraction of sp³-hybridized carbons (Fsp3) is 0.750. The van der Waals surface area contributed by atoms with Crippen LogP contribution in [-0.2, 0) is 5.41 Å². The van der Waals surface area contributed by atoms with Gasteiger partial charge in [-0.15, -0.1) is 5.10 Å². The van der Waals surface area contributed by atoms with Crippen LogP contribution in [-0.4, -0.2) is 38.6 Å². The normalized spacial score (nSPS) is 17.6. The number of aromatic amines is 1. The zero-order valence-corrected chi connectivity index (χ0v) is 12.1. The quantitative estimate of drug-likeness (QED) is 0.872. The number of carbonyl (C=O) groups is 1. The average Bonchev–Trinajstić information content (AvgIpc) is 2.90. The van der Waals surface area contributed by atoms with E-state index in [0.717, 1.165) is 5.82 Å². The Kier molecular flexibility index (Phi) is 3.40. The molecule has 2 N–H and O–H groups in total. The number of aromatic nitrogens is 3. The van der Waals surface area contributed by atoms with Crippen LogP contribution < -0.4 is 5.32 Å². The van der Waals surface area contributed by atoms with Crippen LogP contribution in [0.4, 0.5) is 0 Å². The lowest BCUT2D eigenvalue weighted by atomic mass is 9.96. The fourth-order valence-electron chi connectivity index (χ4n) is 1.61. The summed E-state index contributed by atoms with van der Waals surface area (Å²) < 4.78 is 0.263. The summed E-state index contributed by atoms with van der Waals surface area (Å²) >= 11 is 1.82. The van der Waals surface area contributed by atoms with Gasteiger partial charge in [0, 0.05) is 16.7 Å². The van der Waals surface area contributed by atoms with Crippen molar-refractivity contribution in [1.29, 1.82) is 0 Å². The Morgan fingerprint density at radius 2 is 2.17 bits per heavy atom. The predicted molar refractivity (Wildman–Crippen MR) is 72.9 cm³/mol. The van der Waals surface area contributed by atoms with Crippen LogP contribution in [0.1, 0.15) is 50.1 Å². The second kappa shape index (κ2) is 4.57. The molecule has 0 saturated heterocycles. The molecular formula is C12H20N4OS. The first kappa shape index (κ1) is 13.4. The minimum atomic E-state index is -0.193. The molecule has 1 amide bonds. The molecule has 1 aliphatic rings. The van der Waals surface area contributed by atoms with Crippen LogP contribution in [0.5, 0.6) is 0 Å². The molecule has 0 bridgehead atoms. The van der Waals surface area contributed by atoms with Gasteiger partial charge in [-0.3, -0.25) is 9.89 Å². The maximum Gasteiger partial charge on any atom is 0.291 e. The van der Waals surface area contributed by atoms with Crippen LogP contribution in [0.25, 0.3) is 0 Å². The molecule has 1 saturated carbocycles. The third-order valence-corrected chi connectivity index (χ3v) is 4.63. The van der Waals surface area contributed by atoms with Crippen LogP contribution in [0, 0.1) is 0 Å². The summed E-state index contributed by atoms with van der Waals surface area (Å²) in [6.07, 6.45) is 4.44. The van der Waals surface area contributed by atoms with Crippen molar-refractivity contribution < 1.29 is 4.79 Å². The molecular weight excluding hydrogens is 248 g/mol. The first-order valence-corrected chi connectivity index (χ1v) is 7.35. The monoisotopic (exact) mass is 268 g/mol. The third-order valence-electron chi connectivity index (χ3n) is 3.21. The molecule has 1 aliphatic carbocycles. The standard InChI is InChI=1S/C12H20N4OS/c1-11(2,3)10-14-8(15-16-10)9(17)13-7-12(18-4)5-6-12/h5-7H2,1-4H3,(H,13,17)(H,14,15,16). The van der Waals surface area contributed by atoms with Crippen molar-refractivity contribution in [2.75, 3.05) is 12.8 Å². The van der Waals surface area contributed by atoms with Crippen molar-refractivity contribution >= 4 is 17.7 Å². The van der Waals surface area contributed by atoms with Crippen molar-refractivity contribution in [2.45, 2.75) is 43.8 Å². The Bertz CT molecular complexity index is 445. The van der Waals surface area contributed by atoms with Crippen molar-refractivity contribution in [2.24, 2.45) is 0 Å². The Hall–Kier alpha value is -1.04. The number of thioether (sulfide) groups is 1. The predicted octanol–water partition coefficient (Wildman–Crippen LogP) is 1.73. The Balaban J connectivity index is 1.95. The van der Waals surface area contributed by atoms with Gasteiger partial charge in [0.25, 0.3) is 5.91 Å². The summed E-state index contributed by atoms with van der Waals surface area (Å²) in [6, 6.07) is 0. The van der Waals surface area contributed by atoms with Gasteiger partial charge in [0.05, 0.1) is 0 Å². The first-order valence-electron chi connectivity index (χ1n) is 6.13. The molecule has 0 atom stereocenters. The third kappa shape index (κ3) is 2.85. The summed E-state index contributed by atoms with van der Waals surface area (Å²) in [6.45, 7) is 6.79. The number of H-pyrrole nitrogens is 1. The molecule has 0 spiro atoms. The van der Waals surface area contributed by atoms with Gasteiger partial charge in [-0.1, -0.05) is 20.8 Å². The molecule has 1 aromatic rings.